The molecule has 0 amide bonds. The highest BCUT2D eigenvalue weighted by atomic mass is 19.3. The minimum Gasteiger partial charge on any atom is -0.489 e. The molecule has 0 radical (unpaired) electrons. The predicted molar refractivity (Wildman–Crippen MR) is 62.7 cm³/mol. The Kier molecular flexibility index (Phi) is 3.72. The Bertz CT molecular complexity index is 567. The van der Waals surface area contributed by atoms with Crippen LogP contribution in [-0.4, -0.2) is 4.57 Å². The standard InChI is InChI=1S/C13H11F2NO2/c14-13(15)16-7-6-11(8-12(16)17)18-9-10-4-2-1-3-5-10/h1-8,13H,9H2. The summed E-state index contributed by atoms with van der Waals surface area (Å²) >= 11 is 0. The highest BCUT2D eigenvalue weighted by Crippen LogP contribution is 2.12. The molecule has 0 fully saturated rings. The number of hydrogen-bond donors (Lipinski definition) is 0. The van der Waals surface area contributed by atoms with Crippen molar-refractivity contribution in [3.8, 4) is 5.75 Å². The number of halogens is 2. The van der Waals surface area contributed by atoms with Gasteiger partial charge in [-0.2, -0.15) is 8.78 Å². The van der Waals surface area contributed by atoms with Crippen molar-refractivity contribution in [1.29, 1.82) is 0 Å². The molecule has 3 nitrogen and oxygen atoms in total. The van der Waals surface area contributed by atoms with Crippen molar-refractivity contribution in [1.82, 2.24) is 4.57 Å². The fourth-order valence-corrected chi connectivity index (χ4v) is 1.46. The number of ether oxygens (including phenoxy) is 1. The maximum absolute atomic E-state index is 12.3. The lowest BCUT2D eigenvalue weighted by Gasteiger charge is -2.08. The molecule has 1 aromatic carbocycles. The lowest BCUT2D eigenvalue weighted by atomic mass is 10.2. The number of nitrogens with zero attached hydrogens (tertiary/aromatic N) is 1. The van der Waals surface area contributed by atoms with Gasteiger partial charge in [-0.05, 0) is 11.6 Å². The second-order valence-electron chi connectivity index (χ2n) is 3.66. The Morgan fingerprint density at radius 2 is 1.89 bits per heavy atom. The second kappa shape index (κ2) is 5.44. The molecule has 0 bridgehead atoms. The highest BCUT2D eigenvalue weighted by Gasteiger charge is 2.07. The van der Waals surface area contributed by atoms with E-state index in [4.69, 9.17) is 4.74 Å². The zero-order valence-electron chi connectivity index (χ0n) is 9.42. The zero-order valence-corrected chi connectivity index (χ0v) is 9.42. The monoisotopic (exact) mass is 251 g/mol. The summed E-state index contributed by atoms with van der Waals surface area (Å²) in [7, 11) is 0. The van der Waals surface area contributed by atoms with Gasteiger partial charge in [0.2, 0.25) is 0 Å². The van der Waals surface area contributed by atoms with E-state index in [1.54, 1.807) is 0 Å². The van der Waals surface area contributed by atoms with Gasteiger partial charge in [-0.1, -0.05) is 30.3 Å². The van der Waals surface area contributed by atoms with E-state index in [1.165, 1.54) is 6.07 Å². The van der Waals surface area contributed by atoms with Crippen LogP contribution in [0.2, 0.25) is 0 Å². The number of aromatic nitrogens is 1. The van der Waals surface area contributed by atoms with Crippen molar-refractivity contribution in [2.24, 2.45) is 0 Å². The Morgan fingerprint density at radius 1 is 1.17 bits per heavy atom. The van der Waals surface area contributed by atoms with E-state index < -0.39 is 12.1 Å². The Hall–Kier alpha value is -2.17. The molecular formula is C13H11F2NO2. The summed E-state index contributed by atoms with van der Waals surface area (Å²) in [5.41, 5.74) is 0.158. The van der Waals surface area contributed by atoms with Crippen molar-refractivity contribution in [2.75, 3.05) is 0 Å². The summed E-state index contributed by atoms with van der Waals surface area (Å²) in [6.45, 7) is -2.54. The maximum Gasteiger partial charge on any atom is 0.321 e. The molecule has 0 saturated carbocycles. The van der Waals surface area contributed by atoms with Gasteiger partial charge in [0.15, 0.2) is 0 Å². The normalized spacial score (nSPS) is 10.6. The average molecular weight is 251 g/mol. The first kappa shape index (κ1) is 12.3. The third-order valence-electron chi connectivity index (χ3n) is 2.38. The topological polar surface area (TPSA) is 31.2 Å². The minimum atomic E-state index is -2.83. The van der Waals surface area contributed by atoms with E-state index in [9.17, 15) is 13.6 Å². The van der Waals surface area contributed by atoms with Gasteiger partial charge >= 0.3 is 6.55 Å². The van der Waals surface area contributed by atoms with E-state index in [2.05, 4.69) is 0 Å². The van der Waals surface area contributed by atoms with Crippen LogP contribution in [0.15, 0.2) is 53.5 Å². The van der Waals surface area contributed by atoms with Gasteiger partial charge in [0.1, 0.15) is 12.4 Å². The Morgan fingerprint density at radius 3 is 2.50 bits per heavy atom. The molecule has 2 aromatic rings. The zero-order chi connectivity index (χ0) is 13.0. The summed E-state index contributed by atoms with van der Waals surface area (Å²) < 4.78 is 30.4. The van der Waals surface area contributed by atoms with E-state index in [-0.39, 0.29) is 5.75 Å². The quantitative estimate of drug-likeness (QED) is 0.836. The first-order valence-corrected chi connectivity index (χ1v) is 5.34. The van der Waals surface area contributed by atoms with Crippen LogP contribution < -0.4 is 10.3 Å². The third kappa shape index (κ3) is 2.94. The van der Waals surface area contributed by atoms with E-state index >= 15 is 0 Å². The molecular weight excluding hydrogens is 240 g/mol. The summed E-state index contributed by atoms with van der Waals surface area (Å²) in [5.74, 6) is 0.278. The van der Waals surface area contributed by atoms with Gasteiger partial charge in [-0.15, -0.1) is 0 Å². The van der Waals surface area contributed by atoms with Gasteiger partial charge in [0.05, 0.1) is 0 Å². The van der Waals surface area contributed by atoms with Gasteiger partial charge < -0.3 is 4.74 Å². The van der Waals surface area contributed by atoms with Crippen molar-refractivity contribution < 1.29 is 13.5 Å². The third-order valence-corrected chi connectivity index (χ3v) is 2.38. The highest BCUT2D eigenvalue weighted by molar-refractivity contribution is 5.20. The van der Waals surface area contributed by atoms with Crippen molar-refractivity contribution in [3.05, 3.63) is 64.6 Å². The number of alkyl halides is 2. The van der Waals surface area contributed by atoms with Crippen LogP contribution in [0, 0.1) is 0 Å². The number of benzene rings is 1. The van der Waals surface area contributed by atoms with E-state index in [1.807, 2.05) is 30.3 Å². The fraction of sp³-hybridized carbons (Fsp3) is 0.154. The smallest absolute Gasteiger partial charge is 0.321 e. The maximum atomic E-state index is 12.3. The molecule has 2 rings (SSSR count). The molecule has 18 heavy (non-hydrogen) atoms. The summed E-state index contributed by atoms with van der Waals surface area (Å²) in [5, 5.41) is 0. The predicted octanol–water partition coefficient (Wildman–Crippen LogP) is 2.82. The molecule has 0 aliphatic carbocycles. The first-order valence-electron chi connectivity index (χ1n) is 5.34. The number of hydrogen-bond acceptors (Lipinski definition) is 2. The van der Waals surface area contributed by atoms with Crippen LogP contribution in [0.3, 0.4) is 0 Å². The molecule has 0 saturated heterocycles. The van der Waals surface area contributed by atoms with Crippen LogP contribution in [-0.2, 0) is 6.61 Å². The molecule has 0 atom stereocenters. The van der Waals surface area contributed by atoms with Crippen LogP contribution >= 0.6 is 0 Å². The van der Waals surface area contributed by atoms with Crippen LogP contribution in [0.1, 0.15) is 12.1 Å². The average Bonchev–Trinajstić information content (AvgIpc) is 2.37. The van der Waals surface area contributed by atoms with Crippen molar-refractivity contribution in [3.63, 3.8) is 0 Å². The van der Waals surface area contributed by atoms with Crippen molar-refractivity contribution in [2.45, 2.75) is 13.2 Å². The molecule has 0 aliphatic heterocycles. The van der Waals surface area contributed by atoms with Crippen LogP contribution in [0.4, 0.5) is 8.78 Å². The molecule has 0 N–H and O–H groups in total. The second-order valence-corrected chi connectivity index (χ2v) is 3.66. The van der Waals surface area contributed by atoms with Gasteiger partial charge in [-0.3, -0.25) is 9.36 Å². The summed E-state index contributed by atoms with van der Waals surface area (Å²) in [6.07, 6.45) is 1.02. The molecule has 0 aliphatic rings. The number of pyridine rings is 1. The first-order chi connectivity index (χ1) is 8.66. The largest absolute Gasteiger partial charge is 0.489 e. The molecule has 94 valence electrons. The summed E-state index contributed by atoms with van der Waals surface area (Å²) in [4.78, 5) is 11.3. The Labute approximate surface area is 102 Å². The SMILES string of the molecule is O=c1cc(OCc2ccccc2)ccn1C(F)F. The lowest BCUT2D eigenvalue weighted by Crippen LogP contribution is -2.19. The lowest BCUT2D eigenvalue weighted by molar-refractivity contribution is 0.0661. The molecule has 1 heterocycles. The van der Waals surface area contributed by atoms with E-state index in [0.29, 0.717) is 11.2 Å². The van der Waals surface area contributed by atoms with E-state index in [0.717, 1.165) is 17.8 Å². The van der Waals surface area contributed by atoms with Crippen LogP contribution in [0.25, 0.3) is 0 Å². The minimum absolute atomic E-state index is 0.278. The van der Waals surface area contributed by atoms with Gasteiger partial charge in [0, 0.05) is 12.3 Å². The fourth-order valence-electron chi connectivity index (χ4n) is 1.46. The molecule has 0 unspecified atom stereocenters. The van der Waals surface area contributed by atoms with Crippen LogP contribution in [0.5, 0.6) is 5.75 Å². The molecule has 1 aromatic heterocycles. The summed E-state index contributed by atoms with van der Waals surface area (Å²) in [6, 6.07) is 11.8. The molecule has 0 spiro atoms. The number of rotatable bonds is 4. The van der Waals surface area contributed by atoms with Gasteiger partial charge in [0.25, 0.3) is 5.56 Å². The van der Waals surface area contributed by atoms with Gasteiger partial charge in [-0.25, -0.2) is 0 Å². The Balaban J connectivity index is 2.07. The van der Waals surface area contributed by atoms with Crippen molar-refractivity contribution >= 4 is 0 Å². The molecule has 5 heteroatoms.